The molecule has 0 atom stereocenters. The molecule has 0 saturated heterocycles. The second-order valence-electron chi connectivity index (χ2n) is 5.09. The molecule has 0 amide bonds. The molecule has 3 rings (SSSR count). The first-order valence-electron chi connectivity index (χ1n) is 7.35. The van der Waals surface area contributed by atoms with Crippen molar-refractivity contribution in [3.05, 3.63) is 35.5 Å². The number of benzene rings is 1. The highest BCUT2D eigenvalue weighted by Crippen LogP contribution is 2.25. The third-order valence-corrected chi connectivity index (χ3v) is 3.68. The predicted octanol–water partition coefficient (Wildman–Crippen LogP) is 1.93. The van der Waals surface area contributed by atoms with E-state index in [1.807, 2.05) is 24.3 Å². The fourth-order valence-electron chi connectivity index (χ4n) is 2.54. The summed E-state index contributed by atoms with van der Waals surface area (Å²) in [7, 11) is 3.30. The van der Waals surface area contributed by atoms with Crippen LogP contribution in [0.1, 0.15) is 11.3 Å². The van der Waals surface area contributed by atoms with Gasteiger partial charge in [0.15, 0.2) is 0 Å². The van der Waals surface area contributed by atoms with Crippen molar-refractivity contribution in [3.63, 3.8) is 0 Å². The second-order valence-corrected chi connectivity index (χ2v) is 5.09. The number of nitrogens with zero attached hydrogens (tertiary/aromatic N) is 2. The Kier molecular flexibility index (Phi) is 4.39. The van der Waals surface area contributed by atoms with E-state index >= 15 is 0 Å². The minimum absolute atomic E-state index is 0.558. The smallest absolute Gasteiger partial charge is 0.230 e. The first-order valence-corrected chi connectivity index (χ1v) is 7.35. The number of anilines is 2. The van der Waals surface area contributed by atoms with E-state index in [9.17, 15) is 0 Å². The van der Waals surface area contributed by atoms with E-state index in [-0.39, 0.29) is 0 Å². The van der Waals surface area contributed by atoms with Gasteiger partial charge in [0, 0.05) is 24.2 Å². The topological polar surface area (TPSA) is 68.3 Å². The molecule has 0 aliphatic carbocycles. The maximum Gasteiger partial charge on any atom is 0.230 e. The SMILES string of the molecule is COc1ccc(Nc2nc3c(c(OC)n2)CCNCC3)cc1. The van der Waals surface area contributed by atoms with Gasteiger partial charge < -0.3 is 20.1 Å². The number of rotatable bonds is 4. The first-order chi connectivity index (χ1) is 10.8. The number of hydrogen-bond acceptors (Lipinski definition) is 6. The van der Waals surface area contributed by atoms with Gasteiger partial charge in [0.1, 0.15) is 5.75 Å². The molecule has 0 spiro atoms. The fourth-order valence-corrected chi connectivity index (χ4v) is 2.54. The first kappa shape index (κ1) is 14.6. The van der Waals surface area contributed by atoms with Gasteiger partial charge in [0.05, 0.1) is 19.9 Å². The molecule has 0 fully saturated rings. The lowest BCUT2D eigenvalue weighted by molar-refractivity contribution is 0.391. The predicted molar refractivity (Wildman–Crippen MR) is 85.1 cm³/mol. The molecule has 0 unspecified atom stereocenters. The summed E-state index contributed by atoms with van der Waals surface area (Å²) in [6.45, 7) is 1.85. The molecule has 6 nitrogen and oxygen atoms in total. The highest BCUT2D eigenvalue weighted by molar-refractivity contribution is 5.55. The van der Waals surface area contributed by atoms with Crippen molar-refractivity contribution in [1.82, 2.24) is 15.3 Å². The normalized spacial score (nSPS) is 13.9. The van der Waals surface area contributed by atoms with Crippen LogP contribution in [0.15, 0.2) is 24.3 Å². The number of ether oxygens (including phenoxy) is 2. The summed E-state index contributed by atoms with van der Waals surface area (Å²) in [5.74, 6) is 2.03. The van der Waals surface area contributed by atoms with E-state index in [1.54, 1.807) is 14.2 Å². The zero-order valence-corrected chi connectivity index (χ0v) is 12.8. The minimum atomic E-state index is 0.558. The third-order valence-electron chi connectivity index (χ3n) is 3.68. The summed E-state index contributed by atoms with van der Waals surface area (Å²) in [5, 5.41) is 6.59. The highest BCUT2D eigenvalue weighted by atomic mass is 16.5. The molecule has 1 aliphatic rings. The van der Waals surface area contributed by atoms with Crippen molar-refractivity contribution in [2.45, 2.75) is 12.8 Å². The summed E-state index contributed by atoms with van der Waals surface area (Å²) in [4.78, 5) is 9.13. The van der Waals surface area contributed by atoms with Gasteiger partial charge in [0.2, 0.25) is 11.8 Å². The Balaban J connectivity index is 1.88. The van der Waals surface area contributed by atoms with Crippen LogP contribution < -0.4 is 20.1 Å². The van der Waals surface area contributed by atoms with Crippen molar-refractivity contribution in [2.24, 2.45) is 0 Å². The van der Waals surface area contributed by atoms with E-state index in [1.165, 1.54) is 0 Å². The molecule has 1 aromatic heterocycles. The van der Waals surface area contributed by atoms with Gasteiger partial charge in [0.25, 0.3) is 0 Å². The second kappa shape index (κ2) is 6.62. The molecule has 22 heavy (non-hydrogen) atoms. The summed E-state index contributed by atoms with van der Waals surface area (Å²) in [6, 6.07) is 7.66. The number of nitrogens with one attached hydrogen (secondary N) is 2. The zero-order valence-electron chi connectivity index (χ0n) is 12.8. The van der Waals surface area contributed by atoms with Crippen LogP contribution in [-0.2, 0) is 12.8 Å². The highest BCUT2D eigenvalue weighted by Gasteiger charge is 2.17. The van der Waals surface area contributed by atoms with Crippen LogP contribution in [0.25, 0.3) is 0 Å². The Morgan fingerprint density at radius 1 is 1.00 bits per heavy atom. The van der Waals surface area contributed by atoms with Gasteiger partial charge in [-0.25, -0.2) is 4.98 Å². The molecule has 2 heterocycles. The van der Waals surface area contributed by atoms with E-state index in [0.29, 0.717) is 11.8 Å². The number of fused-ring (bicyclic) bond motifs is 1. The van der Waals surface area contributed by atoms with Gasteiger partial charge in [-0.15, -0.1) is 0 Å². The molecule has 2 N–H and O–H groups in total. The van der Waals surface area contributed by atoms with E-state index < -0.39 is 0 Å². The Hall–Kier alpha value is -2.34. The monoisotopic (exact) mass is 300 g/mol. The van der Waals surface area contributed by atoms with Crippen LogP contribution >= 0.6 is 0 Å². The molecule has 1 aromatic carbocycles. The van der Waals surface area contributed by atoms with E-state index in [4.69, 9.17) is 9.47 Å². The van der Waals surface area contributed by atoms with Crippen LogP contribution in [0.2, 0.25) is 0 Å². The third kappa shape index (κ3) is 3.12. The van der Waals surface area contributed by atoms with Crippen molar-refractivity contribution < 1.29 is 9.47 Å². The molecule has 0 radical (unpaired) electrons. The maximum absolute atomic E-state index is 5.44. The molecule has 0 bridgehead atoms. The lowest BCUT2D eigenvalue weighted by Gasteiger charge is -2.13. The van der Waals surface area contributed by atoms with E-state index in [2.05, 4.69) is 20.6 Å². The molecule has 6 heteroatoms. The van der Waals surface area contributed by atoms with E-state index in [0.717, 1.165) is 48.6 Å². The van der Waals surface area contributed by atoms with Crippen LogP contribution in [0.5, 0.6) is 11.6 Å². The largest absolute Gasteiger partial charge is 0.497 e. The number of methoxy groups -OCH3 is 2. The Morgan fingerprint density at radius 3 is 2.50 bits per heavy atom. The Morgan fingerprint density at radius 2 is 1.77 bits per heavy atom. The number of hydrogen-bond donors (Lipinski definition) is 2. The van der Waals surface area contributed by atoms with Crippen molar-refractivity contribution in [3.8, 4) is 11.6 Å². The average molecular weight is 300 g/mol. The number of aromatic nitrogens is 2. The van der Waals surface area contributed by atoms with Crippen LogP contribution in [-0.4, -0.2) is 37.3 Å². The average Bonchev–Trinajstić information content (AvgIpc) is 2.80. The summed E-state index contributed by atoms with van der Waals surface area (Å²) >= 11 is 0. The van der Waals surface area contributed by atoms with Crippen LogP contribution in [0.4, 0.5) is 11.6 Å². The Labute approximate surface area is 129 Å². The fraction of sp³-hybridized carbons (Fsp3) is 0.375. The zero-order chi connectivity index (χ0) is 15.4. The van der Waals surface area contributed by atoms with Crippen molar-refractivity contribution in [2.75, 3.05) is 32.6 Å². The lowest BCUT2D eigenvalue weighted by Crippen LogP contribution is -2.16. The minimum Gasteiger partial charge on any atom is -0.497 e. The van der Waals surface area contributed by atoms with Crippen molar-refractivity contribution in [1.29, 1.82) is 0 Å². The maximum atomic E-state index is 5.44. The molecular formula is C16H20N4O2. The summed E-state index contributed by atoms with van der Waals surface area (Å²) in [6.07, 6.45) is 1.77. The van der Waals surface area contributed by atoms with Gasteiger partial charge in [-0.1, -0.05) is 0 Å². The molecule has 2 aromatic rings. The molecule has 116 valence electrons. The Bertz CT molecular complexity index is 643. The molecule has 0 saturated carbocycles. The standard InChI is InChI=1S/C16H20N4O2/c1-21-12-5-3-11(4-6-12)18-16-19-14-8-10-17-9-7-13(14)15(20-16)22-2/h3-6,17H,7-10H2,1-2H3,(H,18,19,20). The van der Waals surface area contributed by atoms with Gasteiger partial charge in [-0.05, 0) is 37.2 Å². The molecular weight excluding hydrogens is 280 g/mol. The lowest BCUT2D eigenvalue weighted by atomic mass is 10.1. The van der Waals surface area contributed by atoms with Crippen LogP contribution in [0, 0.1) is 0 Å². The van der Waals surface area contributed by atoms with Gasteiger partial charge >= 0.3 is 0 Å². The quantitative estimate of drug-likeness (QED) is 0.899. The van der Waals surface area contributed by atoms with Crippen LogP contribution in [0.3, 0.4) is 0 Å². The summed E-state index contributed by atoms with van der Waals surface area (Å²) in [5.41, 5.74) is 3.06. The summed E-state index contributed by atoms with van der Waals surface area (Å²) < 4.78 is 10.6. The van der Waals surface area contributed by atoms with Gasteiger partial charge in [-0.2, -0.15) is 4.98 Å². The molecule has 1 aliphatic heterocycles. The van der Waals surface area contributed by atoms with Crippen molar-refractivity contribution >= 4 is 11.6 Å². The van der Waals surface area contributed by atoms with Gasteiger partial charge in [-0.3, -0.25) is 0 Å².